The highest BCUT2D eigenvalue weighted by atomic mass is 16.5. The zero-order chi connectivity index (χ0) is 15.9. The van der Waals surface area contributed by atoms with Gasteiger partial charge in [0.2, 0.25) is 0 Å². The van der Waals surface area contributed by atoms with E-state index >= 15 is 0 Å². The van der Waals surface area contributed by atoms with Gasteiger partial charge < -0.3 is 19.9 Å². The largest absolute Gasteiger partial charge is 0.493 e. The molecular weight excluding hydrogens is 278 g/mol. The smallest absolute Gasteiger partial charge is 0.161 e. The summed E-state index contributed by atoms with van der Waals surface area (Å²) < 4.78 is 16.8. The predicted molar refractivity (Wildman–Crippen MR) is 87.8 cm³/mol. The first-order valence-electron chi connectivity index (χ1n) is 7.34. The SMILES string of the molecule is COc1ccc(CN)cc1OCCOc1cccc(C)c1C. The van der Waals surface area contributed by atoms with Crippen LogP contribution >= 0.6 is 0 Å². The lowest BCUT2D eigenvalue weighted by Crippen LogP contribution is -2.10. The fourth-order valence-electron chi connectivity index (χ4n) is 2.14. The lowest BCUT2D eigenvalue weighted by Gasteiger charge is -2.14. The van der Waals surface area contributed by atoms with Crippen LogP contribution in [0.1, 0.15) is 16.7 Å². The number of benzene rings is 2. The molecule has 0 radical (unpaired) electrons. The van der Waals surface area contributed by atoms with Crippen molar-refractivity contribution in [2.45, 2.75) is 20.4 Å². The van der Waals surface area contributed by atoms with Crippen molar-refractivity contribution < 1.29 is 14.2 Å². The minimum Gasteiger partial charge on any atom is -0.493 e. The molecule has 2 N–H and O–H groups in total. The number of ether oxygens (including phenoxy) is 3. The first-order valence-corrected chi connectivity index (χ1v) is 7.34. The summed E-state index contributed by atoms with van der Waals surface area (Å²) in [5, 5.41) is 0. The Kier molecular flexibility index (Phi) is 5.67. The predicted octanol–water partition coefficient (Wildman–Crippen LogP) is 3.23. The first kappa shape index (κ1) is 16.2. The molecule has 0 fully saturated rings. The molecule has 2 aromatic carbocycles. The van der Waals surface area contributed by atoms with Gasteiger partial charge in [-0.3, -0.25) is 0 Å². The maximum atomic E-state index is 5.78. The zero-order valence-electron chi connectivity index (χ0n) is 13.4. The van der Waals surface area contributed by atoms with E-state index in [1.165, 1.54) is 5.56 Å². The van der Waals surface area contributed by atoms with Gasteiger partial charge in [0.1, 0.15) is 19.0 Å². The highest BCUT2D eigenvalue weighted by Gasteiger charge is 2.06. The van der Waals surface area contributed by atoms with Crippen molar-refractivity contribution in [3.05, 3.63) is 53.1 Å². The molecule has 2 aromatic rings. The Morgan fingerprint density at radius 3 is 2.32 bits per heavy atom. The Morgan fingerprint density at radius 1 is 0.909 bits per heavy atom. The van der Waals surface area contributed by atoms with Crippen LogP contribution in [0.3, 0.4) is 0 Å². The molecule has 0 spiro atoms. The molecule has 0 aromatic heterocycles. The summed E-state index contributed by atoms with van der Waals surface area (Å²) in [5.41, 5.74) is 9.03. The van der Waals surface area contributed by atoms with Crippen molar-refractivity contribution in [3.8, 4) is 17.2 Å². The minimum absolute atomic E-state index is 0.442. The summed E-state index contributed by atoms with van der Waals surface area (Å²) in [6, 6.07) is 11.7. The van der Waals surface area contributed by atoms with Gasteiger partial charge in [0.25, 0.3) is 0 Å². The second kappa shape index (κ2) is 7.71. The van der Waals surface area contributed by atoms with E-state index < -0.39 is 0 Å². The standard InChI is InChI=1S/C18H23NO3/c1-13-5-4-6-16(14(13)2)21-9-10-22-18-11-15(12-19)7-8-17(18)20-3/h4-8,11H,9-10,12,19H2,1-3H3. The van der Waals surface area contributed by atoms with Gasteiger partial charge in [-0.1, -0.05) is 18.2 Å². The fraction of sp³-hybridized carbons (Fsp3) is 0.333. The Bertz CT molecular complexity index is 626. The lowest BCUT2D eigenvalue weighted by molar-refractivity contribution is 0.210. The molecule has 0 atom stereocenters. The van der Waals surface area contributed by atoms with Crippen molar-refractivity contribution in [1.29, 1.82) is 0 Å². The van der Waals surface area contributed by atoms with Crippen LogP contribution in [0.15, 0.2) is 36.4 Å². The van der Waals surface area contributed by atoms with Crippen LogP contribution in [-0.4, -0.2) is 20.3 Å². The molecule has 4 heteroatoms. The van der Waals surface area contributed by atoms with Gasteiger partial charge in [0, 0.05) is 6.54 Å². The lowest BCUT2D eigenvalue weighted by atomic mass is 10.1. The van der Waals surface area contributed by atoms with Gasteiger partial charge in [-0.2, -0.15) is 0 Å². The second-order valence-electron chi connectivity index (χ2n) is 5.08. The third-order valence-corrected chi connectivity index (χ3v) is 3.62. The van der Waals surface area contributed by atoms with Crippen molar-refractivity contribution in [1.82, 2.24) is 0 Å². The van der Waals surface area contributed by atoms with Crippen molar-refractivity contribution in [2.24, 2.45) is 5.73 Å². The molecule has 0 saturated heterocycles. The third kappa shape index (κ3) is 3.92. The molecule has 0 amide bonds. The van der Waals surface area contributed by atoms with Crippen molar-refractivity contribution in [2.75, 3.05) is 20.3 Å². The van der Waals surface area contributed by atoms with Gasteiger partial charge in [-0.25, -0.2) is 0 Å². The van der Waals surface area contributed by atoms with E-state index in [1.54, 1.807) is 7.11 Å². The van der Waals surface area contributed by atoms with E-state index in [1.807, 2.05) is 30.3 Å². The first-order chi connectivity index (χ1) is 10.7. The summed E-state index contributed by atoms with van der Waals surface area (Å²) in [6.07, 6.45) is 0. The summed E-state index contributed by atoms with van der Waals surface area (Å²) in [6.45, 7) is 5.51. The molecule has 0 aliphatic carbocycles. The molecular formula is C18H23NO3. The van der Waals surface area contributed by atoms with Crippen LogP contribution in [0, 0.1) is 13.8 Å². The van der Waals surface area contributed by atoms with Crippen molar-refractivity contribution >= 4 is 0 Å². The molecule has 22 heavy (non-hydrogen) atoms. The maximum Gasteiger partial charge on any atom is 0.161 e. The monoisotopic (exact) mass is 301 g/mol. The number of nitrogens with two attached hydrogens (primary N) is 1. The van der Waals surface area contributed by atoms with E-state index in [9.17, 15) is 0 Å². The van der Waals surface area contributed by atoms with E-state index in [4.69, 9.17) is 19.9 Å². The average Bonchev–Trinajstić information content (AvgIpc) is 2.55. The Hall–Kier alpha value is -2.20. The maximum absolute atomic E-state index is 5.78. The number of hydrogen-bond acceptors (Lipinski definition) is 4. The van der Waals surface area contributed by atoms with Crippen LogP contribution in [0.4, 0.5) is 0 Å². The van der Waals surface area contributed by atoms with Crippen molar-refractivity contribution in [3.63, 3.8) is 0 Å². The third-order valence-electron chi connectivity index (χ3n) is 3.62. The highest BCUT2D eigenvalue weighted by Crippen LogP contribution is 2.28. The number of rotatable bonds is 7. The number of methoxy groups -OCH3 is 1. The van der Waals surface area contributed by atoms with Crippen LogP contribution in [0.5, 0.6) is 17.2 Å². The van der Waals surface area contributed by atoms with E-state index in [0.717, 1.165) is 16.9 Å². The molecule has 0 unspecified atom stereocenters. The summed E-state index contributed by atoms with van der Waals surface area (Å²) in [5.74, 6) is 2.28. The Balaban J connectivity index is 1.92. The summed E-state index contributed by atoms with van der Waals surface area (Å²) in [4.78, 5) is 0. The Morgan fingerprint density at radius 2 is 1.64 bits per heavy atom. The van der Waals surface area contributed by atoms with Gasteiger partial charge >= 0.3 is 0 Å². The quantitative estimate of drug-likeness (QED) is 0.798. The minimum atomic E-state index is 0.442. The van der Waals surface area contributed by atoms with Gasteiger partial charge in [-0.05, 0) is 48.7 Å². The molecule has 118 valence electrons. The molecule has 2 rings (SSSR count). The van der Waals surface area contributed by atoms with Crippen LogP contribution in [-0.2, 0) is 6.54 Å². The molecule has 4 nitrogen and oxygen atoms in total. The van der Waals surface area contributed by atoms with Gasteiger partial charge in [0.15, 0.2) is 11.5 Å². The van der Waals surface area contributed by atoms with E-state index in [-0.39, 0.29) is 0 Å². The molecule has 0 bridgehead atoms. The van der Waals surface area contributed by atoms with Crippen LogP contribution in [0.2, 0.25) is 0 Å². The molecule has 0 aliphatic rings. The molecule has 0 heterocycles. The second-order valence-corrected chi connectivity index (χ2v) is 5.08. The van der Waals surface area contributed by atoms with E-state index in [2.05, 4.69) is 19.9 Å². The molecule has 0 saturated carbocycles. The summed E-state index contributed by atoms with van der Waals surface area (Å²) in [7, 11) is 1.62. The molecule has 0 aliphatic heterocycles. The van der Waals surface area contributed by atoms with Crippen LogP contribution < -0.4 is 19.9 Å². The van der Waals surface area contributed by atoms with Gasteiger partial charge in [0.05, 0.1) is 7.11 Å². The summed E-state index contributed by atoms with van der Waals surface area (Å²) >= 11 is 0. The number of hydrogen-bond donors (Lipinski definition) is 1. The van der Waals surface area contributed by atoms with E-state index in [0.29, 0.717) is 31.3 Å². The van der Waals surface area contributed by atoms with Crippen LogP contribution in [0.25, 0.3) is 0 Å². The fourth-order valence-corrected chi connectivity index (χ4v) is 2.14. The normalized spacial score (nSPS) is 10.4. The topological polar surface area (TPSA) is 53.7 Å². The average molecular weight is 301 g/mol. The zero-order valence-corrected chi connectivity index (χ0v) is 13.4. The van der Waals surface area contributed by atoms with Gasteiger partial charge in [-0.15, -0.1) is 0 Å². The number of aryl methyl sites for hydroxylation is 1. The highest BCUT2D eigenvalue weighted by molar-refractivity contribution is 5.43. The Labute approximate surface area is 131 Å².